The van der Waals surface area contributed by atoms with Crippen molar-refractivity contribution < 1.29 is 22.7 Å². The van der Waals surface area contributed by atoms with Gasteiger partial charge < -0.3 is 5.11 Å². The first kappa shape index (κ1) is 9.68. The summed E-state index contributed by atoms with van der Waals surface area (Å²) < 4.78 is 45.5. The van der Waals surface area contributed by atoms with Gasteiger partial charge >= 0.3 is 6.18 Å². The zero-order valence-electron chi connectivity index (χ0n) is 5.16. The Labute approximate surface area is 55.7 Å². The number of rotatable bonds is 3. The lowest BCUT2D eigenvalue weighted by Gasteiger charge is -2.12. The van der Waals surface area contributed by atoms with Crippen molar-refractivity contribution in [2.24, 2.45) is 0 Å². The Hall–Kier alpha value is -0.320. The van der Waals surface area contributed by atoms with E-state index in [1.165, 1.54) is 0 Å². The average molecular weight is 160 g/mol. The molecule has 0 bridgehead atoms. The van der Waals surface area contributed by atoms with Crippen LogP contribution in [0.15, 0.2) is 0 Å². The zero-order chi connectivity index (χ0) is 8.20. The molecule has 0 rings (SSSR count). The molecule has 0 aromatic rings. The van der Waals surface area contributed by atoms with Gasteiger partial charge in [-0.15, -0.1) is 0 Å². The van der Waals surface area contributed by atoms with Crippen molar-refractivity contribution in [2.45, 2.75) is 25.1 Å². The summed E-state index contributed by atoms with van der Waals surface area (Å²) in [6, 6.07) is 0. The fourth-order valence-electron chi connectivity index (χ4n) is 0.434. The molecule has 10 heavy (non-hydrogen) atoms. The molecule has 0 aromatic carbocycles. The van der Waals surface area contributed by atoms with E-state index in [2.05, 4.69) is 0 Å². The van der Waals surface area contributed by atoms with Crippen LogP contribution in [0, 0.1) is 0 Å². The highest BCUT2D eigenvalue weighted by Crippen LogP contribution is 2.22. The normalized spacial score (nSPS) is 15.3. The molecular weight excluding hydrogens is 152 g/mol. The van der Waals surface area contributed by atoms with Crippen LogP contribution in [0.4, 0.5) is 17.6 Å². The van der Waals surface area contributed by atoms with E-state index in [1.54, 1.807) is 0 Å². The minimum atomic E-state index is -4.60. The largest absolute Gasteiger partial charge is 0.414 e. The molecule has 0 spiro atoms. The smallest absolute Gasteiger partial charge is 0.384 e. The molecule has 0 fully saturated rings. The van der Waals surface area contributed by atoms with Crippen LogP contribution in [-0.2, 0) is 0 Å². The van der Waals surface area contributed by atoms with Gasteiger partial charge in [0.15, 0.2) is 0 Å². The maximum absolute atomic E-state index is 11.4. The third kappa shape index (κ3) is 3.66. The molecule has 0 radical (unpaired) electrons. The molecule has 1 unspecified atom stereocenters. The summed E-state index contributed by atoms with van der Waals surface area (Å²) in [6.07, 6.45) is -7.78. The first-order chi connectivity index (χ1) is 4.48. The van der Waals surface area contributed by atoms with Gasteiger partial charge in [-0.25, -0.2) is 0 Å². The molecule has 0 amide bonds. The molecule has 5 heteroatoms. The Kier molecular flexibility index (Phi) is 3.63. The van der Waals surface area contributed by atoms with Gasteiger partial charge in [-0.1, -0.05) is 0 Å². The Morgan fingerprint density at radius 1 is 1.30 bits per heavy atom. The standard InChI is InChI=1S/C5H8F4O/c6-3-1-2-4(10)5(7,8)9/h4,10H,1-3H2. The number of aliphatic hydroxyl groups excluding tert-OH is 1. The predicted octanol–water partition coefficient (Wildman–Crippen LogP) is 1.66. The van der Waals surface area contributed by atoms with Crippen LogP contribution in [0.1, 0.15) is 12.8 Å². The number of hydrogen-bond donors (Lipinski definition) is 1. The predicted molar refractivity (Wildman–Crippen MR) is 27.3 cm³/mol. The summed E-state index contributed by atoms with van der Waals surface area (Å²) in [5, 5.41) is 8.23. The summed E-state index contributed by atoms with van der Waals surface area (Å²) in [4.78, 5) is 0. The molecule has 0 aliphatic heterocycles. The van der Waals surface area contributed by atoms with Crippen LogP contribution in [0.25, 0.3) is 0 Å². The molecule has 1 atom stereocenters. The third-order valence-electron chi connectivity index (χ3n) is 0.989. The lowest BCUT2D eigenvalue weighted by atomic mass is 10.2. The van der Waals surface area contributed by atoms with Gasteiger partial charge in [-0.05, 0) is 12.8 Å². The molecule has 1 nitrogen and oxygen atoms in total. The van der Waals surface area contributed by atoms with E-state index in [-0.39, 0.29) is 6.42 Å². The van der Waals surface area contributed by atoms with Crippen molar-refractivity contribution >= 4 is 0 Å². The first-order valence-corrected chi connectivity index (χ1v) is 2.79. The van der Waals surface area contributed by atoms with Gasteiger partial charge in [0, 0.05) is 0 Å². The molecule has 0 saturated carbocycles. The van der Waals surface area contributed by atoms with E-state index in [4.69, 9.17) is 5.11 Å². The van der Waals surface area contributed by atoms with Gasteiger partial charge in [-0.3, -0.25) is 4.39 Å². The quantitative estimate of drug-likeness (QED) is 0.622. The van der Waals surface area contributed by atoms with Crippen LogP contribution < -0.4 is 0 Å². The molecule has 0 aliphatic carbocycles. The lowest BCUT2D eigenvalue weighted by Crippen LogP contribution is -2.28. The maximum atomic E-state index is 11.4. The SMILES string of the molecule is OC(CCCF)C(F)(F)F. The summed E-state index contributed by atoms with van der Waals surface area (Å²) in [7, 11) is 0. The molecular formula is C5H8F4O. The van der Waals surface area contributed by atoms with Gasteiger partial charge in [0.2, 0.25) is 0 Å². The summed E-state index contributed by atoms with van der Waals surface area (Å²) >= 11 is 0. The monoisotopic (exact) mass is 160 g/mol. The first-order valence-electron chi connectivity index (χ1n) is 2.79. The number of alkyl halides is 4. The van der Waals surface area contributed by atoms with Crippen molar-refractivity contribution in [2.75, 3.05) is 6.67 Å². The van der Waals surface area contributed by atoms with E-state index in [0.717, 1.165) is 0 Å². The van der Waals surface area contributed by atoms with E-state index in [0.29, 0.717) is 0 Å². The minimum Gasteiger partial charge on any atom is -0.384 e. The van der Waals surface area contributed by atoms with E-state index >= 15 is 0 Å². The average Bonchev–Trinajstić information content (AvgIpc) is 1.80. The van der Waals surface area contributed by atoms with Gasteiger partial charge in [0.1, 0.15) is 6.10 Å². The fourth-order valence-corrected chi connectivity index (χ4v) is 0.434. The highest BCUT2D eigenvalue weighted by Gasteiger charge is 2.37. The zero-order valence-corrected chi connectivity index (χ0v) is 5.16. The van der Waals surface area contributed by atoms with Gasteiger partial charge in [0.25, 0.3) is 0 Å². The topological polar surface area (TPSA) is 20.2 Å². The summed E-state index contributed by atoms with van der Waals surface area (Å²) in [5.74, 6) is 0. The second kappa shape index (κ2) is 3.75. The van der Waals surface area contributed by atoms with Crippen molar-refractivity contribution in [3.8, 4) is 0 Å². The molecule has 1 N–H and O–H groups in total. The van der Waals surface area contributed by atoms with Crippen molar-refractivity contribution in [3.63, 3.8) is 0 Å². The Morgan fingerprint density at radius 3 is 2.10 bits per heavy atom. The maximum Gasteiger partial charge on any atom is 0.414 e. The summed E-state index contributed by atoms with van der Waals surface area (Å²) in [5.41, 5.74) is 0. The Bertz CT molecular complexity index is 90.1. The van der Waals surface area contributed by atoms with Gasteiger partial charge in [0.05, 0.1) is 6.67 Å². The second-order valence-corrected chi connectivity index (χ2v) is 1.89. The third-order valence-corrected chi connectivity index (χ3v) is 0.989. The minimum absolute atomic E-state index is 0.249. The van der Waals surface area contributed by atoms with Gasteiger partial charge in [-0.2, -0.15) is 13.2 Å². The fraction of sp³-hybridized carbons (Fsp3) is 1.00. The van der Waals surface area contributed by atoms with E-state index < -0.39 is 25.4 Å². The molecule has 0 heterocycles. The number of halogens is 4. The Morgan fingerprint density at radius 2 is 1.80 bits per heavy atom. The lowest BCUT2D eigenvalue weighted by molar-refractivity contribution is -0.205. The Balaban J connectivity index is 3.52. The van der Waals surface area contributed by atoms with Crippen LogP contribution in [0.5, 0.6) is 0 Å². The summed E-state index contributed by atoms with van der Waals surface area (Å²) in [6.45, 7) is -0.826. The van der Waals surface area contributed by atoms with E-state index in [9.17, 15) is 17.6 Å². The number of hydrogen-bond acceptors (Lipinski definition) is 1. The van der Waals surface area contributed by atoms with Crippen molar-refractivity contribution in [1.82, 2.24) is 0 Å². The molecule has 0 saturated heterocycles. The van der Waals surface area contributed by atoms with Crippen LogP contribution >= 0.6 is 0 Å². The van der Waals surface area contributed by atoms with Crippen molar-refractivity contribution in [1.29, 1.82) is 0 Å². The van der Waals surface area contributed by atoms with Crippen LogP contribution in [0.2, 0.25) is 0 Å². The number of aliphatic hydroxyl groups is 1. The van der Waals surface area contributed by atoms with Crippen LogP contribution in [-0.4, -0.2) is 24.1 Å². The van der Waals surface area contributed by atoms with Crippen molar-refractivity contribution in [3.05, 3.63) is 0 Å². The highest BCUT2D eigenvalue weighted by atomic mass is 19.4. The highest BCUT2D eigenvalue weighted by molar-refractivity contribution is 4.64. The van der Waals surface area contributed by atoms with E-state index in [1.807, 2.05) is 0 Å². The molecule has 62 valence electrons. The van der Waals surface area contributed by atoms with Crippen LogP contribution in [0.3, 0.4) is 0 Å². The molecule has 0 aromatic heterocycles. The second-order valence-electron chi connectivity index (χ2n) is 1.89. The molecule has 0 aliphatic rings.